The minimum absolute atomic E-state index is 0.130. The number of esters is 1. The Balaban J connectivity index is 2.05. The molecule has 1 aromatic carbocycles. The first-order valence-electron chi connectivity index (χ1n) is 7.63. The van der Waals surface area contributed by atoms with E-state index in [0.29, 0.717) is 50.6 Å². The fourth-order valence-corrected chi connectivity index (χ4v) is 3.97. The van der Waals surface area contributed by atoms with Crippen LogP contribution < -0.4 is 4.74 Å². The molecule has 0 radical (unpaired) electrons. The molecule has 2 heterocycles. The minimum Gasteiger partial charge on any atom is -0.495 e. The van der Waals surface area contributed by atoms with Crippen LogP contribution in [0.2, 0.25) is 10.0 Å². The molecule has 0 spiro atoms. The highest BCUT2D eigenvalue weighted by Gasteiger charge is 2.20. The number of methoxy groups -OCH3 is 1. The van der Waals surface area contributed by atoms with E-state index in [9.17, 15) is 9.59 Å². The van der Waals surface area contributed by atoms with Crippen LogP contribution >= 0.6 is 34.5 Å². The first-order chi connectivity index (χ1) is 12.5. The minimum atomic E-state index is -0.324. The summed E-state index contributed by atoms with van der Waals surface area (Å²) in [6.07, 6.45) is 2.53. The van der Waals surface area contributed by atoms with Gasteiger partial charge in [-0.2, -0.15) is 0 Å². The number of fused-ring (bicyclic) bond motifs is 1. The van der Waals surface area contributed by atoms with Crippen molar-refractivity contribution in [2.45, 2.75) is 13.3 Å². The number of hydrogen-bond donors (Lipinski definition) is 0. The largest absolute Gasteiger partial charge is 0.495 e. The summed E-state index contributed by atoms with van der Waals surface area (Å²) in [7, 11) is 1.49. The van der Waals surface area contributed by atoms with Gasteiger partial charge in [-0.25, -0.2) is 4.98 Å². The standard InChI is InChI=1S/C17H14Cl2N2O4S/c1-3-25-15(23)4-9-7-21-13(8-22)16(20-17(21)26-9)10-5-12(19)14(24-2)6-11(10)18/h5-8H,3-4H2,1-2H3. The molecule has 0 saturated heterocycles. The molecule has 2 aromatic heterocycles. The van der Waals surface area contributed by atoms with Gasteiger partial charge in [0.15, 0.2) is 11.2 Å². The van der Waals surface area contributed by atoms with E-state index in [2.05, 4.69) is 4.98 Å². The Hall–Kier alpha value is -2.09. The second-order valence-electron chi connectivity index (χ2n) is 5.26. The van der Waals surface area contributed by atoms with E-state index in [1.807, 2.05) is 0 Å². The van der Waals surface area contributed by atoms with Crippen molar-refractivity contribution in [2.75, 3.05) is 13.7 Å². The Labute approximate surface area is 163 Å². The third-order valence-corrected chi connectivity index (χ3v) is 5.23. The van der Waals surface area contributed by atoms with Gasteiger partial charge in [-0.3, -0.25) is 14.0 Å². The number of carbonyl (C=O) groups is 2. The van der Waals surface area contributed by atoms with Gasteiger partial charge in [-0.1, -0.05) is 23.2 Å². The van der Waals surface area contributed by atoms with Crippen molar-refractivity contribution in [1.82, 2.24) is 9.38 Å². The molecule has 3 aromatic rings. The molecular formula is C17H14Cl2N2O4S. The van der Waals surface area contributed by atoms with Crippen LogP contribution in [-0.4, -0.2) is 35.4 Å². The molecule has 136 valence electrons. The number of hydrogen-bond acceptors (Lipinski definition) is 6. The molecule has 0 N–H and O–H groups in total. The number of nitrogens with zero attached hydrogens (tertiary/aromatic N) is 2. The van der Waals surface area contributed by atoms with Crippen LogP contribution in [0.4, 0.5) is 0 Å². The predicted octanol–water partition coefficient (Wildman–Crippen LogP) is 4.30. The molecular weight excluding hydrogens is 399 g/mol. The third-order valence-electron chi connectivity index (χ3n) is 3.64. The van der Waals surface area contributed by atoms with Crippen molar-refractivity contribution in [3.05, 3.63) is 38.9 Å². The summed E-state index contributed by atoms with van der Waals surface area (Å²) in [6, 6.07) is 3.19. The van der Waals surface area contributed by atoms with Crippen molar-refractivity contribution < 1.29 is 19.1 Å². The van der Waals surface area contributed by atoms with E-state index in [1.165, 1.54) is 18.4 Å². The van der Waals surface area contributed by atoms with Gasteiger partial charge < -0.3 is 9.47 Å². The number of ether oxygens (including phenoxy) is 2. The van der Waals surface area contributed by atoms with E-state index >= 15 is 0 Å². The fourth-order valence-electron chi connectivity index (χ4n) is 2.52. The molecule has 0 aliphatic heterocycles. The molecule has 0 saturated carbocycles. The number of halogens is 2. The Kier molecular flexibility index (Phi) is 5.50. The molecule has 0 atom stereocenters. The number of aldehydes is 1. The summed E-state index contributed by atoms with van der Waals surface area (Å²) >= 11 is 13.8. The second kappa shape index (κ2) is 7.65. The highest BCUT2D eigenvalue weighted by molar-refractivity contribution is 7.17. The number of aromatic nitrogens is 2. The Bertz CT molecular complexity index is 996. The maximum atomic E-state index is 11.7. The molecule has 26 heavy (non-hydrogen) atoms. The lowest BCUT2D eigenvalue weighted by atomic mass is 10.1. The van der Waals surface area contributed by atoms with Crippen LogP contribution in [-0.2, 0) is 16.0 Å². The zero-order chi connectivity index (χ0) is 18.8. The van der Waals surface area contributed by atoms with Crippen LogP contribution in [0.3, 0.4) is 0 Å². The quantitative estimate of drug-likeness (QED) is 0.445. The second-order valence-corrected chi connectivity index (χ2v) is 7.17. The lowest BCUT2D eigenvalue weighted by Gasteiger charge is -2.07. The number of imidazole rings is 1. The number of benzene rings is 1. The summed E-state index contributed by atoms with van der Waals surface area (Å²) in [4.78, 5) is 29.1. The number of carbonyl (C=O) groups excluding carboxylic acids is 2. The maximum absolute atomic E-state index is 11.7. The summed E-state index contributed by atoms with van der Waals surface area (Å²) in [5, 5.41) is 0.731. The van der Waals surface area contributed by atoms with Crippen molar-refractivity contribution in [3.8, 4) is 17.0 Å². The Morgan fingerprint density at radius 3 is 2.77 bits per heavy atom. The summed E-state index contributed by atoms with van der Waals surface area (Å²) in [6.45, 7) is 2.07. The van der Waals surface area contributed by atoms with Crippen molar-refractivity contribution in [2.24, 2.45) is 0 Å². The number of thiazole rings is 1. The average Bonchev–Trinajstić information content (AvgIpc) is 3.13. The zero-order valence-corrected chi connectivity index (χ0v) is 16.2. The number of rotatable bonds is 6. The molecule has 0 unspecified atom stereocenters. The SMILES string of the molecule is CCOC(=O)Cc1cn2c(C=O)c(-c3cc(Cl)c(OC)cc3Cl)nc2s1. The topological polar surface area (TPSA) is 69.9 Å². The van der Waals surface area contributed by atoms with Gasteiger partial charge >= 0.3 is 5.97 Å². The Morgan fingerprint density at radius 2 is 2.12 bits per heavy atom. The van der Waals surface area contributed by atoms with Gasteiger partial charge in [-0.15, -0.1) is 11.3 Å². The van der Waals surface area contributed by atoms with Gasteiger partial charge in [0.1, 0.15) is 17.1 Å². The lowest BCUT2D eigenvalue weighted by Crippen LogP contribution is -2.06. The highest BCUT2D eigenvalue weighted by atomic mass is 35.5. The molecule has 3 rings (SSSR count). The highest BCUT2D eigenvalue weighted by Crippen LogP contribution is 2.38. The van der Waals surface area contributed by atoms with Crippen molar-refractivity contribution in [1.29, 1.82) is 0 Å². The summed E-state index contributed by atoms with van der Waals surface area (Å²) < 4.78 is 11.7. The van der Waals surface area contributed by atoms with Gasteiger partial charge in [0.05, 0.1) is 30.2 Å². The third kappa shape index (κ3) is 3.42. The molecule has 0 aliphatic carbocycles. The lowest BCUT2D eigenvalue weighted by molar-refractivity contribution is -0.142. The first kappa shape index (κ1) is 18.7. The molecule has 0 bridgehead atoms. The van der Waals surface area contributed by atoms with Crippen LogP contribution in [0.1, 0.15) is 22.3 Å². The smallest absolute Gasteiger partial charge is 0.311 e. The van der Waals surface area contributed by atoms with Crippen LogP contribution in [0.15, 0.2) is 18.3 Å². The molecule has 0 amide bonds. The summed E-state index contributed by atoms with van der Waals surface area (Å²) in [5.74, 6) is 0.112. The first-order valence-corrected chi connectivity index (χ1v) is 9.20. The van der Waals surface area contributed by atoms with E-state index in [4.69, 9.17) is 32.7 Å². The van der Waals surface area contributed by atoms with Crippen molar-refractivity contribution >= 4 is 51.8 Å². The van der Waals surface area contributed by atoms with Gasteiger partial charge in [0.2, 0.25) is 0 Å². The molecule has 6 nitrogen and oxygen atoms in total. The zero-order valence-electron chi connectivity index (χ0n) is 13.9. The van der Waals surface area contributed by atoms with E-state index in [0.717, 1.165) is 4.88 Å². The summed E-state index contributed by atoms with van der Waals surface area (Å²) in [5.41, 5.74) is 1.28. The van der Waals surface area contributed by atoms with Gasteiger partial charge in [-0.05, 0) is 13.0 Å². The van der Waals surface area contributed by atoms with Crippen LogP contribution in [0, 0.1) is 0 Å². The van der Waals surface area contributed by atoms with Crippen LogP contribution in [0.5, 0.6) is 5.75 Å². The predicted molar refractivity (Wildman–Crippen MR) is 101 cm³/mol. The molecule has 9 heteroatoms. The monoisotopic (exact) mass is 412 g/mol. The van der Waals surface area contributed by atoms with Gasteiger partial charge in [0.25, 0.3) is 0 Å². The van der Waals surface area contributed by atoms with E-state index in [-0.39, 0.29) is 12.4 Å². The average molecular weight is 413 g/mol. The van der Waals surface area contributed by atoms with Crippen molar-refractivity contribution in [3.63, 3.8) is 0 Å². The van der Waals surface area contributed by atoms with E-state index in [1.54, 1.807) is 29.7 Å². The molecule has 0 aliphatic rings. The maximum Gasteiger partial charge on any atom is 0.311 e. The normalized spacial score (nSPS) is 10.9. The van der Waals surface area contributed by atoms with Gasteiger partial charge in [0, 0.05) is 22.7 Å². The Morgan fingerprint density at radius 1 is 1.35 bits per heavy atom. The van der Waals surface area contributed by atoms with Crippen LogP contribution in [0.25, 0.3) is 16.2 Å². The molecule has 0 fully saturated rings. The van der Waals surface area contributed by atoms with E-state index < -0.39 is 0 Å². The fraction of sp³-hybridized carbons (Fsp3) is 0.235.